The predicted molar refractivity (Wildman–Crippen MR) is 105 cm³/mol. The minimum atomic E-state index is -0.740. The molecule has 0 bridgehead atoms. The quantitative estimate of drug-likeness (QED) is 0.647. The third kappa shape index (κ3) is 4.35. The predicted octanol–water partition coefficient (Wildman–Crippen LogP) is 2.44. The summed E-state index contributed by atoms with van der Waals surface area (Å²) in [6.45, 7) is 0.514. The average molecular weight is 408 g/mol. The van der Waals surface area contributed by atoms with E-state index in [9.17, 15) is 14.0 Å². The third-order valence-electron chi connectivity index (χ3n) is 4.38. The molecule has 0 radical (unpaired) electrons. The Labute approximate surface area is 170 Å². The maximum atomic E-state index is 13.0. The smallest absolute Gasteiger partial charge is 0.267 e. The zero-order valence-corrected chi connectivity index (χ0v) is 15.7. The molecule has 9 heteroatoms. The summed E-state index contributed by atoms with van der Waals surface area (Å²) in [6, 6.07) is 13.7. The SMILES string of the molecule is NC(=O)c1cc(OC2CCNC2=O)nc(-c2ccc(Oc3ccc(F)cc3)cc2)n1. The molecule has 0 spiro atoms. The maximum Gasteiger partial charge on any atom is 0.267 e. The zero-order valence-electron chi connectivity index (χ0n) is 15.7. The highest BCUT2D eigenvalue weighted by Crippen LogP contribution is 2.26. The molecule has 8 nitrogen and oxygen atoms in total. The van der Waals surface area contributed by atoms with Crippen molar-refractivity contribution in [2.45, 2.75) is 12.5 Å². The number of aromatic nitrogens is 2. The molecule has 1 fully saturated rings. The number of rotatable bonds is 6. The van der Waals surface area contributed by atoms with Crippen LogP contribution in [0.2, 0.25) is 0 Å². The molecular formula is C21H17FN4O4. The molecule has 1 aromatic heterocycles. The van der Waals surface area contributed by atoms with Crippen molar-refractivity contribution in [3.05, 3.63) is 66.1 Å². The van der Waals surface area contributed by atoms with E-state index in [0.717, 1.165) is 0 Å². The number of primary amides is 1. The molecule has 4 rings (SSSR count). The molecule has 1 unspecified atom stereocenters. The Kier molecular flexibility index (Phi) is 5.25. The normalized spacial score (nSPS) is 15.5. The van der Waals surface area contributed by atoms with Gasteiger partial charge in [0.05, 0.1) is 0 Å². The second-order valence-electron chi connectivity index (χ2n) is 6.55. The van der Waals surface area contributed by atoms with Crippen LogP contribution in [0.4, 0.5) is 4.39 Å². The number of carbonyl (C=O) groups excluding carboxylic acids is 2. The number of nitrogens with zero attached hydrogens (tertiary/aromatic N) is 2. The molecule has 30 heavy (non-hydrogen) atoms. The van der Waals surface area contributed by atoms with Gasteiger partial charge >= 0.3 is 0 Å². The lowest BCUT2D eigenvalue weighted by Gasteiger charge is -2.12. The summed E-state index contributed by atoms with van der Waals surface area (Å²) in [7, 11) is 0. The fraction of sp³-hybridized carbons (Fsp3) is 0.143. The van der Waals surface area contributed by atoms with Crippen molar-refractivity contribution < 1.29 is 23.5 Å². The summed E-state index contributed by atoms with van der Waals surface area (Å²) >= 11 is 0. The molecule has 1 aliphatic heterocycles. The van der Waals surface area contributed by atoms with Crippen molar-refractivity contribution >= 4 is 11.8 Å². The first-order valence-corrected chi connectivity index (χ1v) is 9.15. The van der Waals surface area contributed by atoms with Gasteiger partial charge in [-0.3, -0.25) is 9.59 Å². The Morgan fingerprint density at radius 3 is 2.33 bits per heavy atom. The van der Waals surface area contributed by atoms with E-state index in [1.807, 2.05) is 0 Å². The molecule has 0 aliphatic carbocycles. The minimum Gasteiger partial charge on any atom is -0.464 e. The van der Waals surface area contributed by atoms with Crippen LogP contribution < -0.4 is 20.5 Å². The molecule has 2 heterocycles. The van der Waals surface area contributed by atoms with Crippen molar-refractivity contribution in [1.29, 1.82) is 0 Å². The second-order valence-corrected chi connectivity index (χ2v) is 6.55. The van der Waals surface area contributed by atoms with E-state index >= 15 is 0 Å². The minimum absolute atomic E-state index is 0.0277. The summed E-state index contributed by atoms with van der Waals surface area (Å²) in [5, 5.41) is 2.67. The Bertz CT molecular complexity index is 1090. The van der Waals surface area contributed by atoms with Crippen LogP contribution in [0.3, 0.4) is 0 Å². The number of nitrogens with one attached hydrogen (secondary N) is 1. The summed E-state index contributed by atoms with van der Waals surface area (Å²) in [5.41, 5.74) is 5.94. The fourth-order valence-corrected chi connectivity index (χ4v) is 2.88. The van der Waals surface area contributed by atoms with Gasteiger partial charge in [-0.15, -0.1) is 0 Å². The number of ether oxygens (including phenoxy) is 2. The van der Waals surface area contributed by atoms with E-state index < -0.39 is 12.0 Å². The molecule has 3 N–H and O–H groups in total. The van der Waals surface area contributed by atoms with E-state index in [2.05, 4.69) is 15.3 Å². The van der Waals surface area contributed by atoms with Gasteiger partial charge in [-0.1, -0.05) is 0 Å². The molecule has 1 saturated heterocycles. The lowest BCUT2D eigenvalue weighted by Crippen LogP contribution is -2.28. The fourth-order valence-electron chi connectivity index (χ4n) is 2.88. The number of carbonyl (C=O) groups is 2. The molecule has 3 aromatic rings. The summed E-state index contributed by atoms with van der Waals surface area (Å²) in [5.74, 6) is -0.0151. The Hall–Kier alpha value is -4.01. The van der Waals surface area contributed by atoms with Crippen LogP contribution in [0.15, 0.2) is 54.6 Å². The Morgan fingerprint density at radius 2 is 1.73 bits per heavy atom. The first-order chi connectivity index (χ1) is 14.5. The highest BCUT2D eigenvalue weighted by Gasteiger charge is 2.27. The largest absolute Gasteiger partial charge is 0.464 e. The van der Waals surface area contributed by atoms with Crippen LogP contribution in [-0.2, 0) is 4.79 Å². The van der Waals surface area contributed by atoms with Gasteiger partial charge in [0, 0.05) is 24.6 Å². The van der Waals surface area contributed by atoms with Crippen LogP contribution in [0, 0.1) is 5.82 Å². The molecule has 2 amide bonds. The van der Waals surface area contributed by atoms with Gasteiger partial charge in [0.25, 0.3) is 11.8 Å². The van der Waals surface area contributed by atoms with Gasteiger partial charge in [0.15, 0.2) is 11.9 Å². The highest BCUT2D eigenvalue weighted by atomic mass is 19.1. The number of hydrogen-bond acceptors (Lipinski definition) is 6. The molecule has 1 aliphatic rings. The van der Waals surface area contributed by atoms with Crippen molar-refractivity contribution in [2.24, 2.45) is 5.73 Å². The second kappa shape index (κ2) is 8.16. The van der Waals surface area contributed by atoms with Crippen molar-refractivity contribution in [3.63, 3.8) is 0 Å². The van der Waals surface area contributed by atoms with E-state index in [4.69, 9.17) is 15.2 Å². The number of amides is 2. The van der Waals surface area contributed by atoms with Crippen LogP contribution in [-0.4, -0.2) is 34.4 Å². The first kappa shape index (κ1) is 19.3. The summed E-state index contributed by atoms with van der Waals surface area (Å²) < 4.78 is 24.3. The molecule has 152 valence electrons. The van der Waals surface area contributed by atoms with Gasteiger partial charge in [0.1, 0.15) is 23.0 Å². The van der Waals surface area contributed by atoms with Crippen LogP contribution in [0.25, 0.3) is 11.4 Å². The van der Waals surface area contributed by atoms with Crippen molar-refractivity contribution in [2.75, 3.05) is 6.54 Å². The number of hydrogen-bond donors (Lipinski definition) is 2. The number of nitrogens with two attached hydrogens (primary N) is 1. The summed E-state index contributed by atoms with van der Waals surface area (Å²) in [6.07, 6.45) is -0.181. The van der Waals surface area contributed by atoms with E-state index in [0.29, 0.717) is 30.0 Å². The van der Waals surface area contributed by atoms with Crippen molar-refractivity contribution in [1.82, 2.24) is 15.3 Å². The molecule has 1 atom stereocenters. The van der Waals surface area contributed by atoms with E-state index in [1.165, 1.54) is 30.3 Å². The highest BCUT2D eigenvalue weighted by molar-refractivity contribution is 5.91. The van der Waals surface area contributed by atoms with E-state index in [-0.39, 0.29) is 29.1 Å². The maximum absolute atomic E-state index is 13.0. The average Bonchev–Trinajstić information content (AvgIpc) is 3.14. The first-order valence-electron chi connectivity index (χ1n) is 9.15. The zero-order chi connectivity index (χ0) is 21.1. The van der Waals surface area contributed by atoms with Crippen LogP contribution >= 0.6 is 0 Å². The van der Waals surface area contributed by atoms with Gasteiger partial charge in [-0.05, 0) is 48.5 Å². The standard InChI is InChI=1S/C21H17FN4O4/c22-13-3-7-15(8-4-13)29-14-5-1-12(2-6-14)20-25-16(19(23)27)11-18(26-20)30-17-9-10-24-21(17)28/h1-8,11,17H,9-10H2,(H2,23,27)(H,24,28). The Morgan fingerprint density at radius 1 is 1.07 bits per heavy atom. The van der Waals surface area contributed by atoms with Crippen molar-refractivity contribution in [3.8, 4) is 28.8 Å². The Balaban J connectivity index is 1.58. The molecule has 0 saturated carbocycles. The van der Waals surface area contributed by atoms with E-state index in [1.54, 1.807) is 24.3 Å². The van der Waals surface area contributed by atoms with Gasteiger partial charge < -0.3 is 20.5 Å². The van der Waals surface area contributed by atoms with Gasteiger partial charge in [-0.2, -0.15) is 4.98 Å². The summed E-state index contributed by atoms with van der Waals surface area (Å²) in [4.78, 5) is 31.9. The van der Waals surface area contributed by atoms with Gasteiger partial charge in [-0.25, -0.2) is 9.37 Å². The van der Waals surface area contributed by atoms with Gasteiger partial charge in [0.2, 0.25) is 5.88 Å². The number of benzene rings is 2. The van der Waals surface area contributed by atoms with Crippen LogP contribution in [0.1, 0.15) is 16.9 Å². The lowest BCUT2D eigenvalue weighted by atomic mass is 10.2. The topological polar surface area (TPSA) is 116 Å². The number of halogens is 1. The molecular weight excluding hydrogens is 391 g/mol. The van der Waals surface area contributed by atoms with Crippen LogP contribution in [0.5, 0.6) is 17.4 Å². The molecule has 2 aromatic carbocycles. The monoisotopic (exact) mass is 408 g/mol. The lowest BCUT2D eigenvalue weighted by molar-refractivity contribution is -0.125. The third-order valence-corrected chi connectivity index (χ3v) is 4.38.